The van der Waals surface area contributed by atoms with Crippen molar-refractivity contribution < 1.29 is 22.0 Å². The van der Waals surface area contributed by atoms with E-state index in [1.807, 2.05) is 0 Å². The number of carbonyl (C=O) groups is 1. The molecule has 1 heterocycles. The number of nitrogens with one attached hydrogen (secondary N) is 1. The average Bonchev–Trinajstić information content (AvgIpc) is 2.63. The van der Waals surface area contributed by atoms with Crippen LogP contribution in [0.4, 0.5) is 14.5 Å². The van der Waals surface area contributed by atoms with E-state index in [1.54, 1.807) is 6.07 Å². The molecule has 0 aliphatic heterocycles. The first-order valence-electron chi connectivity index (χ1n) is 8.05. The molecular weight excluding hydrogens is 388 g/mol. The Labute approximate surface area is 160 Å². The Bertz CT molecular complexity index is 1150. The first kappa shape index (κ1) is 19.6. The number of benzene rings is 2. The van der Waals surface area contributed by atoms with Crippen LogP contribution in [-0.4, -0.2) is 19.3 Å². The highest BCUT2D eigenvalue weighted by Crippen LogP contribution is 2.29. The number of primary sulfonamides is 1. The lowest BCUT2D eigenvalue weighted by molar-refractivity contribution is -0.115. The molecule has 28 heavy (non-hydrogen) atoms. The van der Waals surface area contributed by atoms with Gasteiger partial charge in [-0.15, -0.1) is 0 Å². The number of carbonyl (C=O) groups excluding carboxylic acids is 1. The first-order valence-corrected chi connectivity index (χ1v) is 9.60. The van der Waals surface area contributed by atoms with Crippen LogP contribution in [0.15, 0.2) is 65.8 Å². The summed E-state index contributed by atoms with van der Waals surface area (Å²) in [6.45, 7) is 0. The monoisotopic (exact) mass is 403 g/mol. The summed E-state index contributed by atoms with van der Waals surface area (Å²) in [6.07, 6.45) is 2.05. The molecule has 6 nitrogen and oxygen atoms in total. The molecule has 2 aromatic carbocycles. The Hall–Kier alpha value is -3.17. The average molecular weight is 403 g/mol. The maximum Gasteiger partial charge on any atom is 0.238 e. The smallest absolute Gasteiger partial charge is 0.238 e. The lowest BCUT2D eigenvalue weighted by Crippen LogP contribution is -2.17. The fourth-order valence-corrected chi connectivity index (χ4v) is 3.44. The zero-order valence-electron chi connectivity index (χ0n) is 14.4. The molecule has 3 aromatic rings. The number of sulfonamides is 1. The van der Waals surface area contributed by atoms with Crippen LogP contribution in [0.3, 0.4) is 0 Å². The van der Waals surface area contributed by atoms with E-state index in [1.165, 1.54) is 36.5 Å². The predicted molar refractivity (Wildman–Crippen MR) is 99.7 cm³/mol. The third-order valence-electron chi connectivity index (χ3n) is 3.90. The molecule has 0 unspecified atom stereocenters. The van der Waals surface area contributed by atoms with Gasteiger partial charge in [-0.1, -0.05) is 24.3 Å². The van der Waals surface area contributed by atoms with Gasteiger partial charge in [0, 0.05) is 23.0 Å². The minimum Gasteiger partial charge on any atom is -0.326 e. The molecule has 3 rings (SSSR count). The van der Waals surface area contributed by atoms with Crippen LogP contribution in [0, 0.1) is 11.6 Å². The molecule has 0 radical (unpaired) electrons. The van der Waals surface area contributed by atoms with Crippen LogP contribution in [0.1, 0.15) is 5.56 Å². The van der Waals surface area contributed by atoms with E-state index in [0.29, 0.717) is 0 Å². The van der Waals surface area contributed by atoms with E-state index in [9.17, 15) is 22.0 Å². The lowest BCUT2D eigenvalue weighted by Gasteiger charge is -2.12. The number of anilines is 1. The van der Waals surface area contributed by atoms with E-state index >= 15 is 0 Å². The zero-order valence-corrected chi connectivity index (χ0v) is 15.2. The maximum absolute atomic E-state index is 13.7. The van der Waals surface area contributed by atoms with Gasteiger partial charge < -0.3 is 5.32 Å². The molecule has 9 heteroatoms. The van der Waals surface area contributed by atoms with Crippen LogP contribution < -0.4 is 10.5 Å². The summed E-state index contributed by atoms with van der Waals surface area (Å²) in [6, 6.07) is 10.9. The fraction of sp³-hybridized carbons (Fsp3) is 0.0526. The maximum atomic E-state index is 13.7. The minimum atomic E-state index is -4.18. The van der Waals surface area contributed by atoms with Crippen molar-refractivity contribution in [3.05, 3.63) is 78.1 Å². The van der Waals surface area contributed by atoms with E-state index in [4.69, 9.17) is 5.14 Å². The zero-order chi connectivity index (χ0) is 20.3. The second kappa shape index (κ2) is 7.83. The summed E-state index contributed by atoms with van der Waals surface area (Å²) in [5, 5.41) is 7.78. The van der Waals surface area contributed by atoms with Gasteiger partial charge in [0.05, 0.1) is 17.5 Å². The Morgan fingerprint density at radius 1 is 1.07 bits per heavy atom. The fourth-order valence-electron chi connectivity index (χ4n) is 2.65. The Morgan fingerprint density at radius 2 is 1.82 bits per heavy atom. The van der Waals surface area contributed by atoms with Crippen LogP contribution in [-0.2, 0) is 21.2 Å². The molecule has 0 fully saturated rings. The van der Waals surface area contributed by atoms with Gasteiger partial charge in [-0.3, -0.25) is 9.78 Å². The number of nitrogens with zero attached hydrogens (tertiary/aromatic N) is 1. The number of hydrogen-bond donors (Lipinski definition) is 2. The van der Waals surface area contributed by atoms with E-state index in [-0.39, 0.29) is 33.7 Å². The molecule has 1 amide bonds. The molecule has 3 N–H and O–H groups in total. The van der Waals surface area contributed by atoms with Crippen molar-refractivity contribution in [3.63, 3.8) is 0 Å². The SMILES string of the molecule is NS(=O)(=O)c1cc(NC(=O)Cc2ccccc2F)ccc1-c1cncc(F)c1. The van der Waals surface area contributed by atoms with Crippen LogP contribution in [0.5, 0.6) is 0 Å². The molecular formula is C19H15F2N3O3S. The Morgan fingerprint density at radius 3 is 2.50 bits per heavy atom. The van der Waals surface area contributed by atoms with Crippen LogP contribution >= 0.6 is 0 Å². The van der Waals surface area contributed by atoms with E-state index in [2.05, 4.69) is 10.3 Å². The highest BCUT2D eigenvalue weighted by atomic mass is 32.2. The van der Waals surface area contributed by atoms with Gasteiger partial charge in [0.1, 0.15) is 11.6 Å². The summed E-state index contributed by atoms with van der Waals surface area (Å²) in [5.41, 5.74) is 0.711. The summed E-state index contributed by atoms with van der Waals surface area (Å²) in [4.78, 5) is 15.6. The summed E-state index contributed by atoms with van der Waals surface area (Å²) in [5.74, 6) is -1.69. The molecule has 0 atom stereocenters. The largest absolute Gasteiger partial charge is 0.326 e. The molecule has 1 aromatic heterocycles. The number of halogens is 2. The second-order valence-corrected chi connectivity index (χ2v) is 7.49. The van der Waals surface area contributed by atoms with Gasteiger partial charge in [-0.05, 0) is 29.8 Å². The van der Waals surface area contributed by atoms with Gasteiger partial charge in [-0.25, -0.2) is 22.3 Å². The molecule has 0 aliphatic carbocycles. The van der Waals surface area contributed by atoms with Gasteiger partial charge in [-0.2, -0.15) is 0 Å². The highest BCUT2D eigenvalue weighted by molar-refractivity contribution is 7.89. The number of amides is 1. The quantitative estimate of drug-likeness (QED) is 0.684. The third kappa shape index (κ3) is 4.56. The van der Waals surface area contributed by atoms with Crippen LogP contribution in [0.25, 0.3) is 11.1 Å². The van der Waals surface area contributed by atoms with Crippen molar-refractivity contribution >= 4 is 21.6 Å². The number of nitrogens with two attached hydrogens (primary N) is 1. The van der Waals surface area contributed by atoms with E-state index in [0.717, 1.165) is 18.3 Å². The van der Waals surface area contributed by atoms with Crippen molar-refractivity contribution in [3.8, 4) is 11.1 Å². The minimum absolute atomic E-state index is 0.140. The standard InChI is InChI=1S/C19H15F2N3O3S/c20-14-7-13(10-23-11-14)16-6-5-15(9-18(16)28(22,26)27)24-19(25)8-12-3-1-2-4-17(12)21/h1-7,9-11H,8H2,(H,24,25)(H2,22,26,27). The van der Waals surface area contributed by atoms with Crippen LogP contribution in [0.2, 0.25) is 0 Å². The molecule has 0 aliphatic rings. The molecule has 144 valence electrons. The number of rotatable bonds is 5. The van der Waals surface area contributed by atoms with Gasteiger partial charge in [0.25, 0.3) is 0 Å². The summed E-state index contributed by atoms with van der Waals surface area (Å²) in [7, 11) is -4.18. The summed E-state index contributed by atoms with van der Waals surface area (Å²) < 4.78 is 51.1. The van der Waals surface area contributed by atoms with Crippen molar-refractivity contribution in [1.82, 2.24) is 4.98 Å². The molecule has 0 saturated carbocycles. The van der Waals surface area contributed by atoms with Crippen molar-refractivity contribution in [2.24, 2.45) is 5.14 Å². The summed E-state index contributed by atoms with van der Waals surface area (Å²) >= 11 is 0. The van der Waals surface area contributed by atoms with Gasteiger partial charge >= 0.3 is 0 Å². The topological polar surface area (TPSA) is 102 Å². The normalized spacial score (nSPS) is 11.2. The van der Waals surface area contributed by atoms with E-state index < -0.39 is 27.6 Å². The third-order valence-corrected chi connectivity index (χ3v) is 4.85. The van der Waals surface area contributed by atoms with Gasteiger partial charge in [0.2, 0.25) is 15.9 Å². The van der Waals surface area contributed by atoms with Crippen molar-refractivity contribution in [1.29, 1.82) is 0 Å². The molecule has 0 spiro atoms. The molecule has 0 bridgehead atoms. The first-order chi connectivity index (χ1) is 13.2. The highest BCUT2D eigenvalue weighted by Gasteiger charge is 2.18. The molecule has 0 saturated heterocycles. The Balaban J connectivity index is 1.91. The van der Waals surface area contributed by atoms with Gasteiger partial charge in [0.15, 0.2) is 0 Å². The second-order valence-electron chi connectivity index (χ2n) is 5.96. The number of pyridine rings is 1. The van der Waals surface area contributed by atoms with Crippen molar-refractivity contribution in [2.45, 2.75) is 11.3 Å². The van der Waals surface area contributed by atoms with Crippen molar-refractivity contribution in [2.75, 3.05) is 5.32 Å². The predicted octanol–water partition coefficient (Wildman–Crippen LogP) is 2.86. The number of aromatic nitrogens is 1. The number of hydrogen-bond acceptors (Lipinski definition) is 4. The lowest BCUT2D eigenvalue weighted by atomic mass is 10.1. The Kier molecular flexibility index (Phi) is 5.48.